The normalized spacial score (nSPS) is 34.0. The lowest BCUT2D eigenvalue weighted by atomic mass is 9.49. The fraction of sp³-hybridized carbons (Fsp3) is 0.522. The minimum absolute atomic E-state index is 0.0112. The van der Waals surface area contributed by atoms with Crippen LogP contribution in [0.4, 0.5) is 0 Å². The van der Waals surface area contributed by atoms with E-state index in [2.05, 4.69) is 22.1 Å². The van der Waals surface area contributed by atoms with Crippen molar-refractivity contribution in [3.63, 3.8) is 0 Å². The third kappa shape index (κ3) is 2.94. The lowest BCUT2D eigenvalue weighted by Gasteiger charge is -2.60. The Morgan fingerprint density at radius 2 is 1.70 bits per heavy atom. The summed E-state index contributed by atoms with van der Waals surface area (Å²) in [5.74, 6) is 3.03. The lowest BCUT2D eigenvalue weighted by Crippen LogP contribution is -2.63. The van der Waals surface area contributed by atoms with Crippen LogP contribution in [0, 0.1) is 23.7 Å². The van der Waals surface area contributed by atoms with E-state index in [0.29, 0.717) is 18.4 Å². The Kier molecular flexibility index (Phi) is 4.36. The number of ether oxygens (including phenoxy) is 1. The summed E-state index contributed by atoms with van der Waals surface area (Å²) in [6.07, 6.45) is 6.56. The molecular weight excluding hydrogens is 354 g/mol. The highest BCUT2D eigenvalue weighted by Crippen LogP contribution is 2.59. The molecule has 1 aromatic carbocycles. The molecule has 4 saturated carbocycles. The number of methoxy groups -OCH3 is 1. The summed E-state index contributed by atoms with van der Waals surface area (Å²) >= 11 is 1.69. The summed E-state index contributed by atoms with van der Waals surface area (Å²) in [5.41, 5.74) is 2.94. The van der Waals surface area contributed by atoms with E-state index >= 15 is 0 Å². The van der Waals surface area contributed by atoms with E-state index in [1.165, 1.54) is 37.7 Å². The van der Waals surface area contributed by atoms with E-state index < -0.39 is 0 Å². The summed E-state index contributed by atoms with van der Waals surface area (Å²) in [5, 5.41) is 7.41. The fourth-order valence-electron chi connectivity index (χ4n) is 6.24. The maximum atomic E-state index is 12.8. The predicted octanol–water partition coefficient (Wildman–Crippen LogP) is 4.99. The first kappa shape index (κ1) is 17.4. The molecule has 0 atom stereocenters. The Hall–Kier alpha value is -1.65. The van der Waals surface area contributed by atoms with Crippen molar-refractivity contribution in [2.75, 3.05) is 13.7 Å². The number of amides is 1. The zero-order valence-electron chi connectivity index (χ0n) is 15.8. The average Bonchev–Trinajstić information content (AvgIpc) is 3.22. The van der Waals surface area contributed by atoms with Crippen molar-refractivity contribution < 1.29 is 9.53 Å². The first-order chi connectivity index (χ1) is 13.2. The maximum Gasteiger partial charge on any atom is 0.251 e. The van der Waals surface area contributed by atoms with Crippen LogP contribution in [0.25, 0.3) is 11.1 Å². The Bertz CT molecular complexity index is 783. The molecule has 1 aromatic heterocycles. The van der Waals surface area contributed by atoms with Crippen LogP contribution in [-0.4, -0.2) is 25.2 Å². The Balaban J connectivity index is 1.28. The largest absolute Gasteiger partial charge is 0.376 e. The molecule has 1 N–H and O–H groups in total. The Morgan fingerprint density at radius 3 is 2.26 bits per heavy atom. The molecule has 3 nitrogen and oxygen atoms in total. The molecular formula is C23H27NO2S. The van der Waals surface area contributed by atoms with Gasteiger partial charge in [-0.15, -0.1) is 0 Å². The van der Waals surface area contributed by atoms with Crippen molar-refractivity contribution in [2.24, 2.45) is 23.7 Å². The average molecular weight is 382 g/mol. The van der Waals surface area contributed by atoms with Gasteiger partial charge in [-0.1, -0.05) is 12.1 Å². The highest BCUT2D eigenvalue weighted by atomic mass is 32.1. The molecule has 0 radical (unpaired) electrons. The third-order valence-electron chi connectivity index (χ3n) is 7.43. The van der Waals surface area contributed by atoms with E-state index in [1.807, 2.05) is 31.4 Å². The number of rotatable bonds is 5. The van der Waals surface area contributed by atoms with Gasteiger partial charge in [0.2, 0.25) is 0 Å². The van der Waals surface area contributed by atoms with E-state index in [9.17, 15) is 4.79 Å². The number of nitrogens with one attached hydrogen (secondary N) is 1. The molecule has 1 amide bonds. The summed E-state index contributed by atoms with van der Waals surface area (Å²) in [4.78, 5) is 12.8. The highest BCUT2D eigenvalue weighted by Gasteiger charge is 2.57. The van der Waals surface area contributed by atoms with E-state index in [1.54, 1.807) is 11.3 Å². The molecule has 4 bridgehead atoms. The maximum absolute atomic E-state index is 12.8. The Morgan fingerprint density at radius 1 is 1.04 bits per heavy atom. The number of benzene rings is 1. The van der Waals surface area contributed by atoms with Crippen LogP contribution >= 0.6 is 11.3 Å². The van der Waals surface area contributed by atoms with Crippen LogP contribution in [0.5, 0.6) is 0 Å². The van der Waals surface area contributed by atoms with Crippen LogP contribution in [0.2, 0.25) is 0 Å². The zero-order valence-corrected chi connectivity index (χ0v) is 16.6. The van der Waals surface area contributed by atoms with Gasteiger partial charge in [0.25, 0.3) is 5.91 Å². The third-order valence-corrected chi connectivity index (χ3v) is 8.11. The highest BCUT2D eigenvalue weighted by molar-refractivity contribution is 7.08. The van der Waals surface area contributed by atoms with Gasteiger partial charge in [-0.2, -0.15) is 11.3 Å². The number of hydrogen-bond donors (Lipinski definition) is 1. The second-order valence-corrected chi connectivity index (χ2v) is 9.52. The molecule has 4 aliphatic carbocycles. The molecule has 2 aromatic rings. The smallest absolute Gasteiger partial charge is 0.251 e. The molecule has 1 heterocycles. The van der Waals surface area contributed by atoms with Gasteiger partial charge >= 0.3 is 0 Å². The van der Waals surface area contributed by atoms with Crippen molar-refractivity contribution in [3.8, 4) is 11.1 Å². The quantitative estimate of drug-likeness (QED) is 0.793. The van der Waals surface area contributed by atoms with Crippen molar-refractivity contribution >= 4 is 17.2 Å². The van der Waals surface area contributed by atoms with Gasteiger partial charge in [0.1, 0.15) is 0 Å². The zero-order chi connectivity index (χ0) is 18.4. The fourth-order valence-corrected chi connectivity index (χ4v) is 6.90. The Labute approximate surface area is 165 Å². The van der Waals surface area contributed by atoms with Gasteiger partial charge in [0.05, 0.1) is 5.60 Å². The van der Waals surface area contributed by atoms with Gasteiger partial charge in [-0.3, -0.25) is 4.79 Å². The molecule has 6 rings (SSSR count). The molecule has 0 saturated heterocycles. The number of carbonyl (C=O) groups excluding carboxylic acids is 1. The van der Waals surface area contributed by atoms with E-state index in [-0.39, 0.29) is 11.5 Å². The van der Waals surface area contributed by atoms with Crippen molar-refractivity contribution in [1.29, 1.82) is 0 Å². The van der Waals surface area contributed by atoms with E-state index in [0.717, 1.165) is 23.0 Å². The molecule has 4 fully saturated rings. The van der Waals surface area contributed by atoms with Gasteiger partial charge in [0.15, 0.2) is 0 Å². The SMILES string of the molecule is COC1(CNC(=O)c2ccc(-c3ccsc3)cc2)C2CC3CC(C2)CC1C3. The van der Waals surface area contributed by atoms with Crippen molar-refractivity contribution in [3.05, 3.63) is 46.7 Å². The second-order valence-electron chi connectivity index (χ2n) is 8.74. The van der Waals surface area contributed by atoms with Crippen LogP contribution in [0.3, 0.4) is 0 Å². The van der Waals surface area contributed by atoms with Gasteiger partial charge in [-0.25, -0.2) is 0 Å². The molecule has 0 unspecified atom stereocenters. The molecule has 0 spiro atoms. The first-order valence-corrected chi connectivity index (χ1v) is 11.1. The molecule has 0 aliphatic heterocycles. The number of hydrogen-bond acceptors (Lipinski definition) is 3. The molecule has 4 aliphatic rings. The summed E-state index contributed by atoms with van der Waals surface area (Å²) in [6.45, 7) is 0.642. The standard InChI is InChI=1S/C23H27NO2S/c1-26-23(20-9-15-8-16(11-20)12-21(23)10-15)14-24-22(25)18-4-2-17(3-5-18)19-6-7-27-13-19/h2-7,13,15-16,20-21H,8-12,14H2,1H3,(H,24,25). The van der Waals surface area contributed by atoms with Crippen molar-refractivity contribution in [1.82, 2.24) is 5.32 Å². The van der Waals surface area contributed by atoms with E-state index in [4.69, 9.17) is 4.74 Å². The monoisotopic (exact) mass is 381 g/mol. The van der Waals surface area contributed by atoms with Crippen LogP contribution < -0.4 is 5.32 Å². The van der Waals surface area contributed by atoms with Crippen molar-refractivity contribution in [2.45, 2.75) is 37.7 Å². The lowest BCUT2D eigenvalue weighted by molar-refractivity contribution is -0.186. The summed E-state index contributed by atoms with van der Waals surface area (Å²) in [6, 6.07) is 10.0. The van der Waals surface area contributed by atoms with Crippen LogP contribution in [0.15, 0.2) is 41.1 Å². The van der Waals surface area contributed by atoms with Crippen LogP contribution in [-0.2, 0) is 4.74 Å². The number of carbonyl (C=O) groups is 1. The van der Waals surface area contributed by atoms with Gasteiger partial charge in [0, 0.05) is 19.2 Å². The number of thiophene rings is 1. The molecule has 27 heavy (non-hydrogen) atoms. The predicted molar refractivity (Wildman–Crippen MR) is 109 cm³/mol. The second kappa shape index (κ2) is 6.75. The summed E-state index contributed by atoms with van der Waals surface area (Å²) < 4.78 is 6.16. The molecule has 142 valence electrons. The topological polar surface area (TPSA) is 38.3 Å². The summed E-state index contributed by atoms with van der Waals surface area (Å²) in [7, 11) is 1.85. The first-order valence-electron chi connectivity index (χ1n) is 10.1. The minimum atomic E-state index is -0.153. The van der Waals surface area contributed by atoms with Crippen LogP contribution in [0.1, 0.15) is 42.5 Å². The minimum Gasteiger partial charge on any atom is -0.376 e. The van der Waals surface area contributed by atoms with Gasteiger partial charge < -0.3 is 10.1 Å². The van der Waals surface area contributed by atoms with Gasteiger partial charge in [-0.05, 0) is 95.9 Å². The molecule has 4 heteroatoms.